The first kappa shape index (κ1) is 24.8. The minimum atomic E-state index is -0.975. The third-order valence-electron chi connectivity index (χ3n) is 7.15. The normalized spacial score (nSPS) is 16.9. The van der Waals surface area contributed by atoms with Crippen LogP contribution in [0.2, 0.25) is 0 Å². The number of hydrogen-bond donors (Lipinski definition) is 1. The Morgan fingerprint density at radius 3 is 2.44 bits per heavy atom. The number of imidazole rings is 1. The van der Waals surface area contributed by atoms with Gasteiger partial charge in [-0.3, -0.25) is 4.90 Å². The highest BCUT2D eigenvalue weighted by Gasteiger charge is 2.28. The molecule has 2 aromatic carbocycles. The Bertz CT molecular complexity index is 1210. The molecule has 0 bridgehead atoms. The maximum Gasteiger partial charge on any atom is 0.120 e. The second kappa shape index (κ2) is 11.0. The van der Waals surface area contributed by atoms with Gasteiger partial charge in [0.2, 0.25) is 0 Å². The van der Waals surface area contributed by atoms with Crippen LogP contribution in [0, 0.1) is 11.8 Å². The van der Waals surface area contributed by atoms with Crippen LogP contribution in [-0.4, -0.2) is 44.9 Å². The fraction of sp³-hybridized carbons (Fsp3) is 0.452. The zero-order valence-electron chi connectivity index (χ0n) is 21.5. The van der Waals surface area contributed by atoms with Crippen molar-refractivity contribution >= 4 is 0 Å². The van der Waals surface area contributed by atoms with Gasteiger partial charge in [0, 0.05) is 50.9 Å². The van der Waals surface area contributed by atoms with E-state index in [0.717, 1.165) is 70.6 Å². The first-order valence-corrected chi connectivity index (χ1v) is 13.2. The number of benzene rings is 2. The lowest BCUT2D eigenvalue weighted by atomic mass is 9.99. The van der Waals surface area contributed by atoms with Crippen LogP contribution in [0.4, 0.5) is 0 Å². The van der Waals surface area contributed by atoms with Gasteiger partial charge in [-0.15, -0.1) is 0 Å². The number of fused-ring (bicyclic) bond motifs is 1. The van der Waals surface area contributed by atoms with E-state index in [-0.39, 0.29) is 0 Å². The number of hydrogen-bond acceptors (Lipinski definition) is 4. The summed E-state index contributed by atoms with van der Waals surface area (Å²) in [5.74, 6) is 7.74. The number of aliphatic hydroxyl groups is 1. The van der Waals surface area contributed by atoms with Crippen LogP contribution in [0.25, 0.3) is 0 Å². The number of aromatic nitrogens is 2. The number of aryl methyl sites for hydroxylation is 2. The molecule has 0 unspecified atom stereocenters. The van der Waals surface area contributed by atoms with E-state index in [1.807, 2.05) is 0 Å². The summed E-state index contributed by atoms with van der Waals surface area (Å²) in [5.41, 5.74) is 5.27. The van der Waals surface area contributed by atoms with Crippen molar-refractivity contribution in [3.05, 3.63) is 88.5 Å². The monoisotopic (exact) mass is 483 g/mol. The van der Waals surface area contributed by atoms with Crippen molar-refractivity contribution in [1.29, 1.82) is 0 Å². The van der Waals surface area contributed by atoms with Gasteiger partial charge in [0.1, 0.15) is 11.4 Å². The zero-order chi connectivity index (χ0) is 25.0. The highest BCUT2D eigenvalue weighted by atomic mass is 16.5. The molecule has 3 aromatic rings. The topological polar surface area (TPSA) is 50.5 Å². The summed E-state index contributed by atoms with van der Waals surface area (Å²) in [6.07, 6.45) is 4.14. The molecular weight excluding hydrogens is 446 g/mol. The first-order chi connectivity index (χ1) is 17.4. The lowest BCUT2D eigenvalue weighted by Gasteiger charge is -2.31. The average molecular weight is 484 g/mol. The number of rotatable bonds is 6. The second-order valence-electron chi connectivity index (χ2n) is 10.6. The van der Waals surface area contributed by atoms with E-state index in [1.54, 1.807) is 13.8 Å². The molecule has 1 aromatic heterocycles. The SMILES string of the molecule is CC(C)(O)C#Cc1ccc(CN2CCn3c(C4CCOCC4)nc(CCc4ccccc4)c3C2)cc1. The van der Waals surface area contributed by atoms with Gasteiger partial charge in [-0.2, -0.15) is 0 Å². The van der Waals surface area contributed by atoms with Crippen molar-refractivity contribution < 1.29 is 9.84 Å². The van der Waals surface area contributed by atoms with E-state index in [2.05, 4.69) is 75.9 Å². The Kier molecular flexibility index (Phi) is 7.57. The summed E-state index contributed by atoms with van der Waals surface area (Å²) >= 11 is 0. The Morgan fingerprint density at radius 1 is 0.972 bits per heavy atom. The maximum atomic E-state index is 9.85. The molecule has 0 aliphatic carbocycles. The van der Waals surface area contributed by atoms with Crippen LogP contribution in [0.5, 0.6) is 0 Å². The molecule has 5 rings (SSSR count). The van der Waals surface area contributed by atoms with Gasteiger partial charge in [0.25, 0.3) is 0 Å². The third-order valence-corrected chi connectivity index (χ3v) is 7.15. The van der Waals surface area contributed by atoms with Gasteiger partial charge < -0.3 is 14.4 Å². The van der Waals surface area contributed by atoms with E-state index in [4.69, 9.17) is 9.72 Å². The third kappa shape index (κ3) is 6.25. The largest absolute Gasteiger partial charge is 0.381 e. The molecule has 0 atom stereocenters. The summed E-state index contributed by atoms with van der Waals surface area (Å²) in [5, 5.41) is 9.85. The summed E-state index contributed by atoms with van der Waals surface area (Å²) in [6.45, 7) is 8.96. The molecular formula is C31H37N3O2. The van der Waals surface area contributed by atoms with Crippen molar-refractivity contribution in [1.82, 2.24) is 14.5 Å². The fourth-order valence-corrected chi connectivity index (χ4v) is 5.20. The fourth-order valence-electron chi connectivity index (χ4n) is 5.20. The molecule has 2 aliphatic heterocycles. The molecule has 0 radical (unpaired) electrons. The van der Waals surface area contributed by atoms with E-state index in [0.29, 0.717) is 5.92 Å². The van der Waals surface area contributed by atoms with Crippen molar-refractivity contribution in [2.24, 2.45) is 0 Å². The standard InChI is InChI=1S/C31H37N3O2/c1-31(2,35)17-14-25-8-10-26(11-9-25)22-33-18-19-34-29(23-33)28(13-12-24-6-4-3-5-7-24)32-30(34)27-15-20-36-21-16-27/h3-11,27,35H,12-13,15-16,18-23H2,1-2H3. The molecule has 1 N–H and O–H groups in total. The molecule has 0 amide bonds. The minimum Gasteiger partial charge on any atom is -0.381 e. The van der Waals surface area contributed by atoms with E-state index >= 15 is 0 Å². The van der Waals surface area contributed by atoms with Crippen LogP contribution in [0.1, 0.15) is 66.5 Å². The summed E-state index contributed by atoms with van der Waals surface area (Å²) in [7, 11) is 0. The van der Waals surface area contributed by atoms with Crippen LogP contribution >= 0.6 is 0 Å². The van der Waals surface area contributed by atoms with Crippen LogP contribution in [0.15, 0.2) is 54.6 Å². The van der Waals surface area contributed by atoms with E-state index in [1.165, 1.54) is 28.3 Å². The predicted octanol–water partition coefficient (Wildman–Crippen LogP) is 4.70. The van der Waals surface area contributed by atoms with Crippen LogP contribution < -0.4 is 0 Å². The van der Waals surface area contributed by atoms with Gasteiger partial charge in [0.05, 0.1) is 11.4 Å². The van der Waals surface area contributed by atoms with E-state index < -0.39 is 5.60 Å². The second-order valence-corrected chi connectivity index (χ2v) is 10.6. The molecule has 5 heteroatoms. The highest BCUT2D eigenvalue weighted by Crippen LogP contribution is 2.31. The number of ether oxygens (including phenoxy) is 1. The van der Waals surface area contributed by atoms with Gasteiger partial charge in [0.15, 0.2) is 0 Å². The van der Waals surface area contributed by atoms with Crippen molar-refractivity contribution in [3.8, 4) is 11.8 Å². The van der Waals surface area contributed by atoms with Gasteiger partial charge >= 0.3 is 0 Å². The Balaban J connectivity index is 1.32. The molecule has 0 saturated carbocycles. The molecule has 0 spiro atoms. The molecule has 5 nitrogen and oxygen atoms in total. The van der Waals surface area contributed by atoms with Gasteiger partial charge in [-0.25, -0.2) is 4.98 Å². The maximum absolute atomic E-state index is 9.85. The molecule has 2 aliphatic rings. The molecule has 1 saturated heterocycles. The zero-order valence-corrected chi connectivity index (χ0v) is 21.5. The lowest BCUT2D eigenvalue weighted by Crippen LogP contribution is -2.34. The summed E-state index contributed by atoms with van der Waals surface area (Å²) < 4.78 is 8.16. The molecule has 188 valence electrons. The van der Waals surface area contributed by atoms with Gasteiger partial charge in [-0.05, 0) is 62.8 Å². The molecule has 3 heterocycles. The first-order valence-electron chi connectivity index (χ1n) is 13.2. The Morgan fingerprint density at radius 2 is 1.72 bits per heavy atom. The molecule has 1 fully saturated rings. The number of nitrogens with zero attached hydrogens (tertiary/aromatic N) is 3. The van der Waals surface area contributed by atoms with Gasteiger partial charge in [-0.1, -0.05) is 54.3 Å². The molecule has 36 heavy (non-hydrogen) atoms. The van der Waals surface area contributed by atoms with Crippen LogP contribution in [-0.2, 0) is 37.2 Å². The van der Waals surface area contributed by atoms with Crippen molar-refractivity contribution in [2.75, 3.05) is 19.8 Å². The smallest absolute Gasteiger partial charge is 0.120 e. The van der Waals surface area contributed by atoms with Crippen molar-refractivity contribution in [2.45, 2.75) is 70.7 Å². The highest BCUT2D eigenvalue weighted by molar-refractivity contribution is 5.37. The predicted molar refractivity (Wildman–Crippen MR) is 143 cm³/mol. The van der Waals surface area contributed by atoms with Crippen LogP contribution in [0.3, 0.4) is 0 Å². The summed E-state index contributed by atoms with van der Waals surface area (Å²) in [6, 6.07) is 19.2. The Hall–Kier alpha value is -2.91. The summed E-state index contributed by atoms with van der Waals surface area (Å²) in [4.78, 5) is 7.81. The van der Waals surface area contributed by atoms with E-state index in [9.17, 15) is 5.11 Å². The van der Waals surface area contributed by atoms with Crippen molar-refractivity contribution in [3.63, 3.8) is 0 Å². The Labute approximate surface area is 215 Å². The average Bonchev–Trinajstić information content (AvgIpc) is 3.26. The minimum absolute atomic E-state index is 0.507. The quantitative estimate of drug-likeness (QED) is 0.517. The lowest BCUT2D eigenvalue weighted by molar-refractivity contribution is 0.0821.